The molecule has 25 heavy (non-hydrogen) atoms. The van der Waals surface area contributed by atoms with Crippen molar-refractivity contribution in [1.29, 1.82) is 0 Å². The normalized spacial score (nSPS) is 11.0. The molecule has 3 rings (SSSR count). The van der Waals surface area contributed by atoms with Crippen LogP contribution in [-0.4, -0.2) is 32.1 Å². The van der Waals surface area contributed by atoms with E-state index in [4.69, 9.17) is 0 Å². The number of aryl methyl sites for hydroxylation is 2. The number of hydrogen-bond donors (Lipinski definition) is 1. The van der Waals surface area contributed by atoms with E-state index in [9.17, 15) is 4.79 Å². The highest BCUT2D eigenvalue weighted by Crippen LogP contribution is 2.17. The predicted molar refractivity (Wildman–Crippen MR) is 99.2 cm³/mol. The lowest BCUT2D eigenvalue weighted by atomic mass is 10.2. The molecule has 6 nitrogen and oxygen atoms in total. The van der Waals surface area contributed by atoms with Crippen LogP contribution in [0.25, 0.3) is 0 Å². The van der Waals surface area contributed by atoms with Crippen molar-refractivity contribution in [2.45, 2.75) is 20.0 Å². The number of rotatable bonds is 7. The second-order valence-electron chi connectivity index (χ2n) is 5.91. The summed E-state index contributed by atoms with van der Waals surface area (Å²) in [6.45, 7) is 3.69. The fourth-order valence-corrected chi connectivity index (χ4v) is 3.38. The van der Waals surface area contributed by atoms with Crippen molar-refractivity contribution in [3.63, 3.8) is 0 Å². The van der Waals surface area contributed by atoms with E-state index >= 15 is 0 Å². The lowest BCUT2D eigenvalue weighted by Gasteiger charge is -2.21. The van der Waals surface area contributed by atoms with Crippen LogP contribution in [0.15, 0.2) is 48.1 Å². The largest absolute Gasteiger partial charge is 0.308 e. The first kappa shape index (κ1) is 17.3. The summed E-state index contributed by atoms with van der Waals surface area (Å²) in [5.74, 6) is 0.498. The quantitative estimate of drug-likeness (QED) is 0.708. The standard InChI is InChI=1S/C18H21N5OS/c1-14-16(25-13-19-14)11-23(10-15-6-4-3-5-7-15)12-18(24)20-17-8-9-22(2)21-17/h3-9,13H,10-12H2,1-2H3,(H,20,21,24). The summed E-state index contributed by atoms with van der Waals surface area (Å²) in [5, 5.41) is 7.04. The highest BCUT2D eigenvalue weighted by atomic mass is 32.1. The maximum Gasteiger partial charge on any atom is 0.239 e. The van der Waals surface area contributed by atoms with Gasteiger partial charge in [-0.25, -0.2) is 4.98 Å². The minimum absolute atomic E-state index is 0.0724. The molecule has 0 aliphatic rings. The second-order valence-corrected chi connectivity index (χ2v) is 6.85. The van der Waals surface area contributed by atoms with Crippen LogP contribution in [-0.2, 0) is 24.9 Å². The molecule has 0 fully saturated rings. The molecule has 2 heterocycles. The van der Waals surface area contributed by atoms with Crippen LogP contribution in [0.2, 0.25) is 0 Å². The molecule has 0 spiro atoms. The zero-order valence-corrected chi connectivity index (χ0v) is 15.2. The fourth-order valence-electron chi connectivity index (χ4n) is 2.56. The maximum atomic E-state index is 12.4. The van der Waals surface area contributed by atoms with Crippen LogP contribution in [0.3, 0.4) is 0 Å². The van der Waals surface area contributed by atoms with Crippen molar-refractivity contribution in [3.05, 3.63) is 64.2 Å². The van der Waals surface area contributed by atoms with Gasteiger partial charge in [-0.15, -0.1) is 11.3 Å². The molecule has 1 aromatic carbocycles. The summed E-state index contributed by atoms with van der Waals surface area (Å²) < 4.78 is 1.66. The number of anilines is 1. The van der Waals surface area contributed by atoms with E-state index in [0.29, 0.717) is 25.5 Å². The molecule has 0 unspecified atom stereocenters. The van der Waals surface area contributed by atoms with E-state index in [0.717, 1.165) is 5.69 Å². The average Bonchev–Trinajstić information content (AvgIpc) is 3.17. The molecule has 0 bridgehead atoms. The van der Waals surface area contributed by atoms with Gasteiger partial charge in [0.1, 0.15) is 0 Å². The van der Waals surface area contributed by atoms with Gasteiger partial charge in [0.2, 0.25) is 5.91 Å². The summed E-state index contributed by atoms with van der Waals surface area (Å²) in [5.41, 5.74) is 4.04. The summed E-state index contributed by atoms with van der Waals surface area (Å²) in [6.07, 6.45) is 1.80. The molecule has 0 aliphatic heterocycles. The number of carbonyl (C=O) groups is 1. The van der Waals surface area contributed by atoms with Crippen molar-refractivity contribution in [2.24, 2.45) is 7.05 Å². The maximum absolute atomic E-state index is 12.4. The summed E-state index contributed by atoms with van der Waals surface area (Å²) in [7, 11) is 1.82. The van der Waals surface area contributed by atoms with Crippen molar-refractivity contribution in [1.82, 2.24) is 19.7 Å². The number of nitrogens with zero attached hydrogens (tertiary/aromatic N) is 4. The predicted octanol–water partition coefficient (Wildman–Crippen LogP) is 2.83. The van der Waals surface area contributed by atoms with E-state index in [1.165, 1.54) is 10.4 Å². The topological polar surface area (TPSA) is 63.1 Å². The third kappa shape index (κ3) is 4.98. The number of aromatic nitrogens is 3. The Bertz CT molecular complexity index is 827. The Morgan fingerprint density at radius 1 is 1.24 bits per heavy atom. The van der Waals surface area contributed by atoms with Crippen LogP contribution in [0.5, 0.6) is 0 Å². The summed E-state index contributed by atoms with van der Waals surface area (Å²) >= 11 is 1.62. The first-order valence-corrected chi connectivity index (χ1v) is 8.93. The van der Waals surface area contributed by atoms with Crippen LogP contribution in [0, 0.1) is 6.92 Å². The molecule has 3 aromatic rings. The van der Waals surface area contributed by atoms with Gasteiger partial charge >= 0.3 is 0 Å². The van der Waals surface area contributed by atoms with Gasteiger partial charge in [-0.1, -0.05) is 30.3 Å². The molecule has 0 saturated carbocycles. The SMILES string of the molecule is Cc1ncsc1CN(CC(=O)Nc1ccn(C)n1)Cc1ccccc1. The minimum atomic E-state index is -0.0724. The highest BCUT2D eigenvalue weighted by Gasteiger charge is 2.15. The van der Waals surface area contributed by atoms with E-state index in [2.05, 4.69) is 32.4 Å². The lowest BCUT2D eigenvalue weighted by molar-refractivity contribution is -0.117. The van der Waals surface area contributed by atoms with Gasteiger partial charge in [0.05, 0.1) is 17.7 Å². The van der Waals surface area contributed by atoms with Crippen molar-refractivity contribution in [2.75, 3.05) is 11.9 Å². The van der Waals surface area contributed by atoms with E-state index < -0.39 is 0 Å². The lowest BCUT2D eigenvalue weighted by Crippen LogP contribution is -2.32. The number of carbonyl (C=O) groups excluding carboxylic acids is 1. The van der Waals surface area contributed by atoms with Gasteiger partial charge in [-0.2, -0.15) is 5.10 Å². The molecule has 130 valence electrons. The van der Waals surface area contributed by atoms with Gasteiger partial charge in [-0.05, 0) is 12.5 Å². The van der Waals surface area contributed by atoms with Crippen molar-refractivity contribution in [3.8, 4) is 0 Å². The third-order valence-electron chi connectivity index (χ3n) is 3.81. The zero-order chi connectivity index (χ0) is 17.6. The number of amides is 1. The Labute approximate surface area is 151 Å². The minimum Gasteiger partial charge on any atom is -0.308 e. The molecule has 0 radical (unpaired) electrons. The van der Waals surface area contributed by atoms with E-state index in [1.54, 1.807) is 28.3 Å². The van der Waals surface area contributed by atoms with Crippen molar-refractivity contribution >= 4 is 23.1 Å². The first-order chi connectivity index (χ1) is 12.1. The molecule has 0 saturated heterocycles. The van der Waals surface area contributed by atoms with E-state index in [1.807, 2.05) is 37.7 Å². The Morgan fingerprint density at radius 2 is 2.04 bits per heavy atom. The summed E-state index contributed by atoms with van der Waals surface area (Å²) in [6, 6.07) is 12.0. The van der Waals surface area contributed by atoms with Crippen molar-refractivity contribution < 1.29 is 4.79 Å². The molecule has 1 amide bonds. The Morgan fingerprint density at radius 3 is 2.68 bits per heavy atom. The Balaban J connectivity index is 1.68. The van der Waals surface area contributed by atoms with E-state index in [-0.39, 0.29) is 5.91 Å². The van der Waals surface area contributed by atoms with Gasteiger partial charge in [-0.3, -0.25) is 14.4 Å². The highest BCUT2D eigenvalue weighted by molar-refractivity contribution is 7.09. The van der Waals surface area contributed by atoms with Crippen LogP contribution < -0.4 is 5.32 Å². The number of hydrogen-bond acceptors (Lipinski definition) is 5. The average molecular weight is 355 g/mol. The summed E-state index contributed by atoms with van der Waals surface area (Å²) in [4.78, 5) is 20.0. The fraction of sp³-hybridized carbons (Fsp3) is 0.278. The molecule has 0 atom stereocenters. The van der Waals surface area contributed by atoms with Gasteiger partial charge in [0.25, 0.3) is 0 Å². The smallest absolute Gasteiger partial charge is 0.239 e. The number of nitrogens with one attached hydrogen (secondary N) is 1. The molecule has 1 N–H and O–H groups in total. The zero-order valence-electron chi connectivity index (χ0n) is 14.3. The second kappa shape index (κ2) is 8.04. The number of benzene rings is 1. The first-order valence-electron chi connectivity index (χ1n) is 8.05. The molecule has 7 heteroatoms. The molecular weight excluding hydrogens is 334 g/mol. The number of thiazole rings is 1. The Kier molecular flexibility index (Phi) is 5.57. The van der Waals surface area contributed by atoms with Gasteiger partial charge < -0.3 is 5.32 Å². The molecule has 2 aromatic heterocycles. The molecular formula is C18H21N5OS. The molecule has 0 aliphatic carbocycles. The van der Waals surface area contributed by atoms with Crippen LogP contribution in [0.1, 0.15) is 16.1 Å². The monoisotopic (exact) mass is 355 g/mol. The Hall–Kier alpha value is -2.51. The third-order valence-corrected chi connectivity index (χ3v) is 4.73. The van der Waals surface area contributed by atoms with Gasteiger partial charge in [0.15, 0.2) is 5.82 Å². The van der Waals surface area contributed by atoms with Gasteiger partial charge in [0, 0.05) is 37.3 Å². The van der Waals surface area contributed by atoms with Crippen LogP contribution >= 0.6 is 11.3 Å². The van der Waals surface area contributed by atoms with Crippen LogP contribution in [0.4, 0.5) is 5.82 Å².